The minimum atomic E-state index is -0.332. The average molecular weight is 493 g/mol. The molecule has 36 heavy (non-hydrogen) atoms. The number of anilines is 1. The van der Waals surface area contributed by atoms with Gasteiger partial charge in [-0.25, -0.2) is 4.98 Å². The van der Waals surface area contributed by atoms with Crippen LogP contribution in [0.4, 0.5) is 5.95 Å². The van der Waals surface area contributed by atoms with E-state index >= 15 is 0 Å². The van der Waals surface area contributed by atoms with Crippen molar-refractivity contribution in [2.75, 3.05) is 39.2 Å². The number of hydrogen-bond acceptors (Lipinski definition) is 6. The number of benzene rings is 2. The molecule has 1 aliphatic rings. The average Bonchev–Trinajstić information content (AvgIpc) is 3.58. The lowest BCUT2D eigenvalue weighted by Gasteiger charge is -2.24. The number of hydrogen-bond donors (Lipinski definition) is 1. The first-order valence-corrected chi connectivity index (χ1v) is 12.1. The van der Waals surface area contributed by atoms with Gasteiger partial charge in [-0.05, 0) is 25.0 Å². The third kappa shape index (κ3) is 5.85. The predicted octanol–water partition coefficient (Wildman–Crippen LogP) is 3.91. The summed E-state index contributed by atoms with van der Waals surface area (Å²) in [7, 11) is 3.15. The SMILES string of the molecule is CCC(=O)N(CC(=O)Nc1nc(-c2ccccc2)cn1-c1ccc(OC)c(OC)c1)C[C@H]1CCCO1. The number of imidazole rings is 1. The lowest BCUT2D eigenvalue weighted by atomic mass is 10.2. The number of ether oxygens (including phenoxy) is 3. The first-order valence-electron chi connectivity index (χ1n) is 12.1. The lowest BCUT2D eigenvalue weighted by Crippen LogP contribution is -2.42. The van der Waals surface area contributed by atoms with Gasteiger partial charge in [0.2, 0.25) is 17.8 Å². The fourth-order valence-electron chi connectivity index (χ4n) is 4.24. The van der Waals surface area contributed by atoms with Crippen LogP contribution in [0.15, 0.2) is 54.7 Å². The zero-order valence-electron chi connectivity index (χ0n) is 20.9. The molecule has 0 aliphatic carbocycles. The first-order chi connectivity index (χ1) is 17.5. The highest BCUT2D eigenvalue weighted by Gasteiger charge is 2.24. The Bertz CT molecular complexity index is 1190. The van der Waals surface area contributed by atoms with E-state index in [0.717, 1.165) is 24.1 Å². The van der Waals surface area contributed by atoms with Gasteiger partial charge in [-0.15, -0.1) is 0 Å². The number of nitrogens with one attached hydrogen (secondary N) is 1. The van der Waals surface area contributed by atoms with Crippen LogP contribution in [0.25, 0.3) is 16.9 Å². The van der Waals surface area contributed by atoms with E-state index in [1.807, 2.05) is 48.7 Å². The van der Waals surface area contributed by atoms with Gasteiger partial charge < -0.3 is 19.1 Å². The number of rotatable bonds is 10. The van der Waals surface area contributed by atoms with E-state index in [-0.39, 0.29) is 24.5 Å². The maximum Gasteiger partial charge on any atom is 0.246 e. The van der Waals surface area contributed by atoms with Crippen molar-refractivity contribution in [1.82, 2.24) is 14.5 Å². The number of amides is 2. The van der Waals surface area contributed by atoms with Crippen molar-refractivity contribution >= 4 is 17.8 Å². The van der Waals surface area contributed by atoms with Crippen LogP contribution < -0.4 is 14.8 Å². The van der Waals surface area contributed by atoms with E-state index in [0.29, 0.717) is 42.7 Å². The maximum atomic E-state index is 13.1. The fraction of sp³-hybridized carbons (Fsp3) is 0.370. The Kier molecular flexibility index (Phi) is 8.22. The minimum Gasteiger partial charge on any atom is -0.493 e. The summed E-state index contributed by atoms with van der Waals surface area (Å²) in [5.74, 6) is 1.07. The number of aromatic nitrogens is 2. The number of carbonyl (C=O) groups is 2. The largest absolute Gasteiger partial charge is 0.493 e. The standard InChI is InChI=1S/C27H32N4O5/c1-4-26(33)30(16-21-11-8-14-36-21)18-25(32)29-27-28-22(19-9-6-5-7-10-19)17-31(27)20-12-13-23(34-2)24(15-20)35-3/h5-7,9-10,12-13,15,17,21H,4,8,11,14,16,18H2,1-3H3,(H,28,29,32)/t21-/m1/s1. The molecule has 0 radical (unpaired) electrons. The molecule has 0 bridgehead atoms. The molecule has 4 rings (SSSR count). The van der Waals surface area contributed by atoms with E-state index in [1.54, 1.807) is 36.7 Å². The summed E-state index contributed by atoms with van der Waals surface area (Å²) in [5, 5.41) is 2.91. The minimum absolute atomic E-state index is 0.0354. The van der Waals surface area contributed by atoms with E-state index < -0.39 is 0 Å². The van der Waals surface area contributed by atoms with Crippen molar-refractivity contribution in [2.24, 2.45) is 0 Å². The molecular formula is C27H32N4O5. The monoisotopic (exact) mass is 492 g/mol. The van der Waals surface area contributed by atoms with Crippen LogP contribution in [0.5, 0.6) is 11.5 Å². The van der Waals surface area contributed by atoms with Crippen molar-refractivity contribution < 1.29 is 23.8 Å². The molecule has 1 aliphatic heterocycles. The summed E-state index contributed by atoms with van der Waals surface area (Å²) in [5.41, 5.74) is 2.34. The molecule has 1 N–H and O–H groups in total. The van der Waals surface area contributed by atoms with Gasteiger partial charge in [-0.2, -0.15) is 0 Å². The Morgan fingerprint density at radius 2 is 1.92 bits per heavy atom. The number of carbonyl (C=O) groups excluding carboxylic acids is 2. The highest BCUT2D eigenvalue weighted by atomic mass is 16.5. The molecule has 1 saturated heterocycles. The van der Waals surface area contributed by atoms with Crippen LogP contribution >= 0.6 is 0 Å². The van der Waals surface area contributed by atoms with E-state index in [1.165, 1.54) is 0 Å². The zero-order valence-corrected chi connectivity index (χ0v) is 20.9. The first kappa shape index (κ1) is 25.2. The molecule has 3 aromatic rings. The van der Waals surface area contributed by atoms with Crippen molar-refractivity contribution in [3.05, 3.63) is 54.7 Å². The van der Waals surface area contributed by atoms with Gasteiger partial charge in [0.15, 0.2) is 11.5 Å². The summed E-state index contributed by atoms with van der Waals surface area (Å²) in [4.78, 5) is 31.9. The molecule has 0 saturated carbocycles. The topological polar surface area (TPSA) is 94.9 Å². The lowest BCUT2D eigenvalue weighted by molar-refractivity contribution is -0.135. The van der Waals surface area contributed by atoms with Gasteiger partial charge in [0.05, 0.1) is 31.7 Å². The zero-order chi connectivity index (χ0) is 25.5. The highest BCUT2D eigenvalue weighted by molar-refractivity contribution is 5.94. The molecule has 9 heteroatoms. The summed E-state index contributed by atoms with van der Waals surface area (Å²) >= 11 is 0. The van der Waals surface area contributed by atoms with Crippen LogP contribution in [0.3, 0.4) is 0 Å². The van der Waals surface area contributed by atoms with Gasteiger partial charge in [0.25, 0.3) is 0 Å². The van der Waals surface area contributed by atoms with Crippen LogP contribution in [-0.4, -0.2) is 66.3 Å². The Morgan fingerprint density at radius 1 is 1.14 bits per heavy atom. The van der Waals surface area contributed by atoms with Crippen molar-refractivity contribution in [3.63, 3.8) is 0 Å². The van der Waals surface area contributed by atoms with Crippen LogP contribution in [0.1, 0.15) is 26.2 Å². The molecular weight excluding hydrogens is 460 g/mol. The molecule has 9 nitrogen and oxygen atoms in total. The van der Waals surface area contributed by atoms with Gasteiger partial charge in [0.1, 0.15) is 6.54 Å². The van der Waals surface area contributed by atoms with Crippen LogP contribution in [-0.2, 0) is 14.3 Å². The Morgan fingerprint density at radius 3 is 2.58 bits per heavy atom. The summed E-state index contributed by atoms with van der Waals surface area (Å²) in [6, 6.07) is 15.2. The Balaban J connectivity index is 1.62. The third-order valence-electron chi connectivity index (χ3n) is 6.11. The predicted molar refractivity (Wildman–Crippen MR) is 137 cm³/mol. The van der Waals surface area contributed by atoms with E-state index in [2.05, 4.69) is 5.32 Å². The second kappa shape index (κ2) is 11.7. The smallest absolute Gasteiger partial charge is 0.246 e. The van der Waals surface area contributed by atoms with Gasteiger partial charge in [-0.3, -0.25) is 19.5 Å². The van der Waals surface area contributed by atoms with Gasteiger partial charge in [0, 0.05) is 37.4 Å². The Hall–Kier alpha value is -3.85. The van der Waals surface area contributed by atoms with Gasteiger partial charge in [-0.1, -0.05) is 37.3 Å². The summed E-state index contributed by atoms with van der Waals surface area (Å²) in [6.45, 7) is 2.81. The molecule has 0 unspecified atom stereocenters. The van der Waals surface area contributed by atoms with Crippen molar-refractivity contribution in [1.29, 1.82) is 0 Å². The Labute approximate surface area is 211 Å². The second-order valence-electron chi connectivity index (χ2n) is 8.54. The van der Waals surface area contributed by atoms with Crippen molar-refractivity contribution in [3.8, 4) is 28.4 Å². The quantitative estimate of drug-likeness (QED) is 0.461. The molecule has 1 atom stereocenters. The molecule has 1 aromatic heterocycles. The molecule has 0 spiro atoms. The van der Waals surface area contributed by atoms with Crippen molar-refractivity contribution in [2.45, 2.75) is 32.3 Å². The molecule has 2 aromatic carbocycles. The molecule has 1 fully saturated rings. The molecule has 2 amide bonds. The van der Waals surface area contributed by atoms with E-state index in [9.17, 15) is 9.59 Å². The second-order valence-corrected chi connectivity index (χ2v) is 8.54. The van der Waals surface area contributed by atoms with Gasteiger partial charge >= 0.3 is 0 Å². The molecule has 2 heterocycles. The number of methoxy groups -OCH3 is 2. The molecule has 190 valence electrons. The summed E-state index contributed by atoms with van der Waals surface area (Å²) < 4.78 is 18.3. The number of nitrogens with zero attached hydrogens (tertiary/aromatic N) is 3. The normalized spacial score (nSPS) is 14.9. The highest BCUT2D eigenvalue weighted by Crippen LogP contribution is 2.31. The van der Waals surface area contributed by atoms with Crippen LogP contribution in [0.2, 0.25) is 0 Å². The fourth-order valence-corrected chi connectivity index (χ4v) is 4.24. The van der Waals surface area contributed by atoms with E-state index in [4.69, 9.17) is 19.2 Å². The summed E-state index contributed by atoms with van der Waals surface area (Å²) in [6.07, 6.45) is 3.99. The maximum absolute atomic E-state index is 13.1. The van der Waals surface area contributed by atoms with Crippen LogP contribution in [0, 0.1) is 0 Å². The third-order valence-corrected chi connectivity index (χ3v) is 6.11.